The predicted octanol–water partition coefficient (Wildman–Crippen LogP) is 2.79. The first-order valence-corrected chi connectivity index (χ1v) is 7.95. The minimum absolute atomic E-state index is 0.0322. The molecular weight excluding hydrogens is 328 g/mol. The van der Waals surface area contributed by atoms with Gasteiger partial charge in [-0.15, -0.1) is 0 Å². The lowest BCUT2D eigenvalue weighted by Gasteiger charge is -2.32. The monoisotopic (exact) mass is 352 g/mol. The summed E-state index contributed by atoms with van der Waals surface area (Å²) >= 11 is 0. The number of amides is 1. The molecule has 138 valence electrons. The molecule has 8 heteroatoms. The Morgan fingerprint density at radius 3 is 2.12 bits per heavy atom. The first-order chi connectivity index (χ1) is 11.6. The average molecular weight is 352 g/mol. The highest BCUT2D eigenvalue weighted by Gasteiger charge is 2.28. The molecule has 1 aromatic carbocycles. The zero-order valence-corrected chi connectivity index (χ0v) is 15.3. The van der Waals surface area contributed by atoms with Crippen LogP contribution in [0.3, 0.4) is 0 Å². The first-order valence-electron chi connectivity index (χ1n) is 7.95. The lowest BCUT2D eigenvalue weighted by molar-refractivity contribution is -0.386. The molecule has 1 amide bonds. The third-order valence-corrected chi connectivity index (χ3v) is 3.60. The van der Waals surface area contributed by atoms with Gasteiger partial charge in [0.15, 0.2) is 11.9 Å². The number of carbonyl (C=O) groups excluding carboxylic acids is 2. The fourth-order valence-electron chi connectivity index (χ4n) is 2.56. The molecule has 0 fully saturated rings. The molecule has 1 aromatic rings. The summed E-state index contributed by atoms with van der Waals surface area (Å²) in [6.45, 7) is 9.09. The summed E-state index contributed by atoms with van der Waals surface area (Å²) in [6, 6.07) is 3.66. The number of carbonyl (C=O) groups is 2. The van der Waals surface area contributed by atoms with Gasteiger partial charge in [-0.1, -0.05) is 0 Å². The van der Waals surface area contributed by atoms with Crippen LogP contribution in [-0.2, 0) is 9.53 Å². The third kappa shape index (κ3) is 4.91. The summed E-state index contributed by atoms with van der Waals surface area (Å²) in [5, 5.41) is 11.3. The van der Waals surface area contributed by atoms with E-state index in [0.717, 1.165) is 6.07 Å². The average Bonchev–Trinajstić information content (AvgIpc) is 2.53. The molecular formula is C17H24N2O6. The molecule has 0 aliphatic carbocycles. The molecule has 0 radical (unpaired) electrons. The van der Waals surface area contributed by atoms with Crippen LogP contribution in [0.4, 0.5) is 5.69 Å². The normalized spacial score (nSPS) is 12.0. The van der Waals surface area contributed by atoms with E-state index in [1.165, 1.54) is 26.2 Å². The van der Waals surface area contributed by atoms with Gasteiger partial charge in [0.2, 0.25) is 0 Å². The maximum absolute atomic E-state index is 12.6. The molecule has 1 atom stereocenters. The van der Waals surface area contributed by atoms with Crippen molar-refractivity contribution in [3.05, 3.63) is 33.9 Å². The predicted molar refractivity (Wildman–Crippen MR) is 91.6 cm³/mol. The minimum atomic E-state index is -0.910. The fourth-order valence-corrected chi connectivity index (χ4v) is 2.56. The quantitative estimate of drug-likeness (QED) is 0.425. The Labute approximate surface area is 146 Å². The van der Waals surface area contributed by atoms with E-state index in [1.807, 2.05) is 27.7 Å². The smallest absolute Gasteiger partial charge is 0.338 e. The van der Waals surface area contributed by atoms with Crippen LogP contribution in [0.1, 0.15) is 45.0 Å². The van der Waals surface area contributed by atoms with Gasteiger partial charge in [0.25, 0.3) is 5.91 Å². The standard InChI is InChI=1S/C17H24N2O6/c1-10(2)18(11(3)4)16(20)12(5)25-15-8-7-13(17(21)24-6)9-14(15)19(22)23/h7-12H,1-6H3/t12-/m1/s1. The van der Waals surface area contributed by atoms with Crippen LogP contribution in [0.5, 0.6) is 5.75 Å². The van der Waals surface area contributed by atoms with Crippen molar-refractivity contribution in [3.63, 3.8) is 0 Å². The van der Waals surface area contributed by atoms with E-state index in [2.05, 4.69) is 4.74 Å². The molecule has 0 bridgehead atoms. The van der Waals surface area contributed by atoms with Gasteiger partial charge in [0.1, 0.15) is 0 Å². The molecule has 8 nitrogen and oxygen atoms in total. The first kappa shape index (κ1) is 20.4. The second kappa shape index (κ2) is 8.46. The van der Waals surface area contributed by atoms with Gasteiger partial charge in [-0.2, -0.15) is 0 Å². The lowest BCUT2D eigenvalue weighted by atomic mass is 10.1. The molecule has 0 aromatic heterocycles. The number of ether oxygens (including phenoxy) is 2. The SMILES string of the molecule is COC(=O)c1ccc(O[C@H](C)C(=O)N(C(C)C)C(C)C)c([N+](=O)[O-])c1. The molecule has 0 N–H and O–H groups in total. The topological polar surface area (TPSA) is 99.0 Å². The Morgan fingerprint density at radius 2 is 1.68 bits per heavy atom. The van der Waals surface area contributed by atoms with Crippen molar-refractivity contribution >= 4 is 17.6 Å². The van der Waals surface area contributed by atoms with Crippen molar-refractivity contribution in [2.24, 2.45) is 0 Å². The van der Waals surface area contributed by atoms with E-state index in [0.29, 0.717) is 0 Å². The van der Waals surface area contributed by atoms with Gasteiger partial charge in [-0.05, 0) is 46.8 Å². The summed E-state index contributed by atoms with van der Waals surface area (Å²) in [5.41, 5.74) is -0.366. The second-order valence-corrected chi connectivity index (χ2v) is 6.12. The number of nitrogens with zero attached hydrogens (tertiary/aromatic N) is 2. The zero-order valence-electron chi connectivity index (χ0n) is 15.3. The van der Waals surface area contributed by atoms with Crippen molar-refractivity contribution in [1.82, 2.24) is 4.90 Å². The summed E-state index contributed by atoms with van der Waals surface area (Å²) in [6.07, 6.45) is -0.910. The van der Waals surface area contributed by atoms with E-state index < -0.39 is 22.7 Å². The number of benzene rings is 1. The van der Waals surface area contributed by atoms with Gasteiger partial charge >= 0.3 is 11.7 Å². The molecule has 1 rings (SSSR count). The largest absolute Gasteiger partial charge is 0.474 e. The summed E-state index contributed by atoms with van der Waals surface area (Å²) in [4.78, 5) is 36.4. The summed E-state index contributed by atoms with van der Waals surface area (Å²) in [7, 11) is 1.19. The van der Waals surface area contributed by atoms with Crippen molar-refractivity contribution in [2.45, 2.75) is 52.8 Å². The molecule has 0 saturated carbocycles. The molecule has 25 heavy (non-hydrogen) atoms. The van der Waals surface area contributed by atoms with Gasteiger partial charge in [0, 0.05) is 18.2 Å². The van der Waals surface area contributed by atoms with E-state index in [4.69, 9.17) is 4.74 Å². The van der Waals surface area contributed by atoms with Crippen molar-refractivity contribution in [1.29, 1.82) is 0 Å². The number of hydrogen-bond acceptors (Lipinski definition) is 6. The van der Waals surface area contributed by atoms with Crippen LogP contribution in [0.25, 0.3) is 0 Å². The maximum atomic E-state index is 12.6. The molecule has 0 heterocycles. The van der Waals surface area contributed by atoms with Crippen LogP contribution in [0, 0.1) is 10.1 Å². The third-order valence-electron chi connectivity index (χ3n) is 3.60. The van der Waals surface area contributed by atoms with Gasteiger partial charge in [-0.3, -0.25) is 14.9 Å². The van der Waals surface area contributed by atoms with Crippen LogP contribution >= 0.6 is 0 Å². The Hall–Kier alpha value is -2.64. The van der Waals surface area contributed by atoms with Crippen LogP contribution in [0.2, 0.25) is 0 Å². The van der Waals surface area contributed by atoms with Crippen molar-refractivity contribution in [2.75, 3.05) is 7.11 Å². The number of nitro benzene ring substituents is 1. The van der Waals surface area contributed by atoms with E-state index >= 15 is 0 Å². The molecule has 0 unspecified atom stereocenters. The maximum Gasteiger partial charge on any atom is 0.338 e. The lowest BCUT2D eigenvalue weighted by Crippen LogP contribution is -2.48. The second-order valence-electron chi connectivity index (χ2n) is 6.12. The highest BCUT2D eigenvalue weighted by Crippen LogP contribution is 2.29. The highest BCUT2D eigenvalue weighted by molar-refractivity contribution is 5.90. The Balaban J connectivity index is 3.11. The number of methoxy groups -OCH3 is 1. The molecule has 0 spiro atoms. The highest BCUT2D eigenvalue weighted by atomic mass is 16.6. The van der Waals surface area contributed by atoms with Gasteiger partial charge in [0.05, 0.1) is 17.6 Å². The zero-order chi connectivity index (χ0) is 19.3. The Morgan fingerprint density at radius 1 is 1.12 bits per heavy atom. The van der Waals surface area contributed by atoms with E-state index in [1.54, 1.807) is 4.90 Å². The van der Waals surface area contributed by atoms with E-state index in [-0.39, 0.29) is 29.3 Å². The Kier molecular flexibility index (Phi) is 6.90. The van der Waals surface area contributed by atoms with Gasteiger partial charge < -0.3 is 14.4 Å². The number of nitro groups is 1. The van der Waals surface area contributed by atoms with Gasteiger partial charge in [-0.25, -0.2) is 4.79 Å². The van der Waals surface area contributed by atoms with E-state index in [9.17, 15) is 19.7 Å². The van der Waals surface area contributed by atoms with Crippen molar-refractivity contribution < 1.29 is 24.0 Å². The number of esters is 1. The van der Waals surface area contributed by atoms with Crippen LogP contribution in [-0.4, -0.2) is 47.0 Å². The molecule has 0 saturated heterocycles. The van der Waals surface area contributed by atoms with Crippen LogP contribution in [0.15, 0.2) is 18.2 Å². The summed E-state index contributed by atoms with van der Waals surface area (Å²) in [5.74, 6) is -1.04. The summed E-state index contributed by atoms with van der Waals surface area (Å²) < 4.78 is 10.1. The fraction of sp³-hybridized carbons (Fsp3) is 0.529. The Bertz CT molecular complexity index is 649. The molecule has 0 aliphatic rings. The minimum Gasteiger partial charge on any atom is -0.474 e. The number of rotatable bonds is 7. The molecule has 0 aliphatic heterocycles. The van der Waals surface area contributed by atoms with Crippen LogP contribution < -0.4 is 4.74 Å². The number of hydrogen-bond donors (Lipinski definition) is 0. The van der Waals surface area contributed by atoms with Crippen molar-refractivity contribution in [3.8, 4) is 5.75 Å².